The molecular formula is C25H26N4O2. The third-order valence-corrected chi connectivity index (χ3v) is 5.23. The van der Waals surface area contributed by atoms with Gasteiger partial charge in [0.1, 0.15) is 5.75 Å². The fourth-order valence-corrected chi connectivity index (χ4v) is 3.63. The maximum absolute atomic E-state index is 12.6. The molecule has 0 aliphatic carbocycles. The molecule has 0 aliphatic heterocycles. The Labute approximate surface area is 182 Å². The van der Waals surface area contributed by atoms with Gasteiger partial charge in [0, 0.05) is 43.3 Å². The highest BCUT2D eigenvalue weighted by Crippen LogP contribution is 2.28. The SMILES string of the molecule is CCCN(c1ccncc1)n1cc(C)c2cc(OC(=O)N(C)c3ccccc3)ccc21. The number of carbonyl (C=O) groups excluding carboxylic acids is 1. The van der Waals surface area contributed by atoms with E-state index in [2.05, 4.69) is 34.7 Å². The first-order valence-corrected chi connectivity index (χ1v) is 10.4. The van der Waals surface area contributed by atoms with Crippen LogP contribution in [0.5, 0.6) is 5.75 Å². The van der Waals surface area contributed by atoms with Crippen molar-refractivity contribution in [3.05, 3.63) is 84.8 Å². The molecule has 4 aromatic rings. The zero-order valence-corrected chi connectivity index (χ0v) is 18.0. The molecule has 2 aromatic heterocycles. The van der Waals surface area contributed by atoms with Crippen molar-refractivity contribution in [2.75, 3.05) is 23.5 Å². The molecule has 0 saturated carbocycles. The maximum atomic E-state index is 12.6. The number of anilines is 2. The summed E-state index contributed by atoms with van der Waals surface area (Å²) in [6.45, 7) is 5.09. The quantitative estimate of drug-likeness (QED) is 0.408. The first-order valence-electron chi connectivity index (χ1n) is 10.4. The van der Waals surface area contributed by atoms with E-state index in [-0.39, 0.29) is 0 Å². The van der Waals surface area contributed by atoms with Gasteiger partial charge in [-0.1, -0.05) is 25.1 Å². The van der Waals surface area contributed by atoms with E-state index >= 15 is 0 Å². The zero-order chi connectivity index (χ0) is 21.8. The number of para-hydroxylation sites is 1. The van der Waals surface area contributed by atoms with Gasteiger partial charge in [-0.3, -0.25) is 19.6 Å². The van der Waals surface area contributed by atoms with E-state index in [0.717, 1.165) is 40.8 Å². The Morgan fingerprint density at radius 2 is 1.77 bits per heavy atom. The predicted molar refractivity (Wildman–Crippen MR) is 125 cm³/mol. The number of benzene rings is 2. The summed E-state index contributed by atoms with van der Waals surface area (Å²) < 4.78 is 7.81. The lowest BCUT2D eigenvalue weighted by Gasteiger charge is -2.26. The Morgan fingerprint density at radius 1 is 1.03 bits per heavy atom. The number of amides is 1. The number of carbonyl (C=O) groups is 1. The third kappa shape index (κ3) is 4.23. The summed E-state index contributed by atoms with van der Waals surface area (Å²) in [6, 6.07) is 19.2. The number of aryl methyl sites for hydroxylation is 1. The molecule has 158 valence electrons. The average Bonchev–Trinajstić information content (AvgIpc) is 3.13. The van der Waals surface area contributed by atoms with E-state index < -0.39 is 6.09 Å². The van der Waals surface area contributed by atoms with Crippen LogP contribution in [0.25, 0.3) is 10.9 Å². The summed E-state index contributed by atoms with van der Waals surface area (Å²) in [4.78, 5) is 18.2. The van der Waals surface area contributed by atoms with Crippen molar-refractivity contribution in [1.29, 1.82) is 0 Å². The van der Waals surface area contributed by atoms with E-state index in [0.29, 0.717) is 5.75 Å². The van der Waals surface area contributed by atoms with E-state index in [4.69, 9.17) is 4.74 Å². The molecule has 0 spiro atoms. The zero-order valence-electron chi connectivity index (χ0n) is 18.0. The largest absolute Gasteiger partial charge is 0.419 e. The van der Waals surface area contributed by atoms with Crippen LogP contribution in [0.4, 0.5) is 16.2 Å². The molecule has 0 N–H and O–H groups in total. The first kappa shape index (κ1) is 20.5. The van der Waals surface area contributed by atoms with E-state index in [9.17, 15) is 4.79 Å². The summed E-state index contributed by atoms with van der Waals surface area (Å²) in [5.74, 6) is 0.520. The molecule has 0 fully saturated rings. The van der Waals surface area contributed by atoms with Crippen molar-refractivity contribution < 1.29 is 9.53 Å². The van der Waals surface area contributed by atoms with Crippen LogP contribution in [0.1, 0.15) is 18.9 Å². The Bertz CT molecular complexity index is 1170. The highest BCUT2D eigenvalue weighted by atomic mass is 16.6. The van der Waals surface area contributed by atoms with Crippen molar-refractivity contribution in [2.24, 2.45) is 0 Å². The molecule has 2 aromatic carbocycles. The topological polar surface area (TPSA) is 50.6 Å². The van der Waals surface area contributed by atoms with Gasteiger partial charge in [0.25, 0.3) is 0 Å². The first-order chi connectivity index (χ1) is 15.1. The Hall–Kier alpha value is -3.80. The van der Waals surface area contributed by atoms with Crippen molar-refractivity contribution in [3.63, 3.8) is 0 Å². The van der Waals surface area contributed by atoms with E-state index in [1.165, 1.54) is 4.90 Å². The molecule has 0 atom stereocenters. The molecule has 0 radical (unpaired) electrons. The minimum Gasteiger partial charge on any atom is -0.410 e. The predicted octanol–water partition coefficient (Wildman–Crippen LogP) is 5.66. The van der Waals surface area contributed by atoms with Gasteiger partial charge in [0.15, 0.2) is 0 Å². The fraction of sp³-hybridized carbons (Fsp3) is 0.200. The van der Waals surface area contributed by atoms with Gasteiger partial charge in [0.05, 0.1) is 11.2 Å². The van der Waals surface area contributed by atoms with Crippen molar-refractivity contribution in [3.8, 4) is 5.75 Å². The second-order valence-corrected chi connectivity index (χ2v) is 7.43. The molecular weight excluding hydrogens is 388 g/mol. The second kappa shape index (κ2) is 8.92. The lowest BCUT2D eigenvalue weighted by atomic mass is 10.2. The molecule has 2 heterocycles. The standard InChI is InChI=1S/C25H26N4O2/c1-4-16-28(21-12-14-26-15-13-21)29-18-19(2)23-17-22(10-11-24(23)29)31-25(30)27(3)20-8-6-5-7-9-20/h5-15,17-18H,4,16H2,1-3H3. The Kier molecular flexibility index (Phi) is 5.89. The normalized spacial score (nSPS) is 10.8. The summed E-state index contributed by atoms with van der Waals surface area (Å²) in [5, 5.41) is 3.27. The second-order valence-electron chi connectivity index (χ2n) is 7.43. The fourth-order valence-electron chi connectivity index (χ4n) is 3.63. The molecule has 6 nitrogen and oxygen atoms in total. The Morgan fingerprint density at radius 3 is 2.48 bits per heavy atom. The van der Waals surface area contributed by atoms with Gasteiger partial charge in [-0.2, -0.15) is 0 Å². The van der Waals surface area contributed by atoms with Crippen LogP contribution in [-0.2, 0) is 0 Å². The highest BCUT2D eigenvalue weighted by Gasteiger charge is 2.16. The summed E-state index contributed by atoms with van der Waals surface area (Å²) in [7, 11) is 1.70. The summed E-state index contributed by atoms with van der Waals surface area (Å²) in [5.41, 5.74) is 4.02. The number of ether oxygens (including phenoxy) is 1. The average molecular weight is 415 g/mol. The van der Waals surface area contributed by atoms with Crippen LogP contribution < -0.4 is 14.6 Å². The number of pyridine rings is 1. The van der Waals surface area contributed by atoms with Crippen LogP contribution in [0.2, 0.25) is 0 Å². The minimum atomic E-state index is -0.424. The lowest BCUT2D eigenvalue weighted by molar-refractivity contribution is 0.209. The molecule has 0 aliphatic rings. The van der Waals surface area contributed by atoms with Gasteiger partial charge >= 0.3 is 6.09 Å². The van der Waals surface area contributed by atoms with Crippen LogP contribution in [0.3, 0.4) is 0 Å². The number of rotatable bonds is 6. The van der Waals surface area contributed by atoms with Gasteiger partial charge in [-0.15, -0.1) is 0 Å². The van der Waals surface area contributed by atoms with Crippen LogP contribution in [-0.4, -0.2) is 29.3 Å². The smallest absolute Gasteiger partial charge is 0.410 e. The number of aromatic nitrogens is 2. The van der Waals surface area contributed by atoms with Gasteiger partial charge in [-0.25, -0.2) is 4.79 Å². The van der Waals surface area contributed by atoms with Crippen molar-refractivity contribution >= 4 is 28.4 Å². The molecule has 0 unspecified atom stereocenters. The molecule has 0 bridgehead atoms. The monoisotopic (exact) mass is 414 g/mol. The van der Waals surface area contributed by atoms with Crippen LogP contribution in [0.15, 0.2) is 79.3 Å². The minimum absolute atomic E-state index is 0.424. The van der Waals surface area contributed by atoms with Crippen molar-refractivity contribution in [1.82, 2.24) is 9.66 Å². The number of fused-ring (bicyclic) bond motifs is 1. The number of hydrogen-bond donors (Lipinski definition) is 0. The molecule has 31 heavy (non-hydrogen) atoms. The van der Waals surface area contributed by atoms with E-state index in [1.807, 2.05) is 60.7 Å². The summed E-state index contributed by atoms with van der Waals surface area (Å²) in [6.07, 6.45) is 6.30. The van der Waals surface area contributed by atoms with Crippen molar-refractivity contribution in [2.45, 2.75) is 20.3 Å². The highest BCUT2D eigenvalue weighted by molar-refractivity contribution is 5.90. The summed E-state index contributed by atoms with van der Waals surface area (Å²) >= 11 is 0. The van der Waals surface area contributed by atoms with Gasteiger partial charge in [0.2, 0.25) is 0 Å². The third-order valence-electron chi connectivity index (χ3n) is 5.23. The number of hydrogen-bond acceptors (Lipinski definition) is 4. The van der Waals surface area contributed by atoms with Gasteiger partial charge in [-0.05, 0) is 61.4 Å². The van der Waals surface area contributed by atoms with E-state index in [1.54, 1.807) is 19.4 Å². The van der Waals surface area contributed by atoms with Crippen LogP contribution >= 0.6 is 0 Å². The lowest BCUT2D eigenvalue weighted by Crippen LogP contribution is -2.29. The van der Waals surface area contributed by atoms with Gasteiger partial charge < -0.3 is 4.74 Å². The molecule has 1 amide bonds. The molecule has 6 heteroatoms. The maximum Gasteiger partial charge on any atom is 0.419 e. The number of nitrogens with zero attached hydrogens (tertiary/aromatic N) is 4. The van der Waals surface area contributed by atoms with Crippen LogP contribution in [0, 0.1) is 6.92 Å². The Balaban J connectivity index is 1.63. The molecule has 4 rings (SSSR count). The molecule has 0 saturated heterocycles.